The third kappa shape index (κ3) is 3.93. The zero-order chi connectivity index (χ0) is 13.9. The fourth-order valence-corrected chi connectivity index (χ4v) is 3.08. The van der Waals surface area contributed by atoms with Gasteiger partial charge in [-0.1, -0.05) is 0 Å². The summed E-state index contributed by atoms with van der Waals surface area (Å²) in [7, 11) is 0. The number of phenols is 1. The molecule has 2 fully saturated rings. The Kier molecular flexibility index (Phi) is 4.22. The van der Waals surface area contributed by atoms with E-state index in [1.165, 1.54) is 31.7 Å². The average molecular weight is 278 g/mol. The number of phenolic OH excluding ortho intramolecular Hbond substituents is 1. The zero-order valence-corrected chi connectivity index (χ0v) is 11.8. The molecule has 1 saturated heterocycles. The van der Waals surface area contributed by atoms with Gasteiger partial charge in [-0.15, -0.1) is 0 Å². The van der Waals surface area contributed by atoms with E-state index in [9.17, 15) is 9.50 Å². The summed E-state index contributed by atoms with van der Waals surface area (Å²) in [6.45, 7) is 3.95. The van der Waals surface area contributed by atoms with Gasteiger partial charge in [-0.05, 0) is 55.8 Å². The third-order valence-electron chi connectivity index (χ3n) is 4.20. The second kappa shape index (κ2) is 6.10. The maximum absolute atomic E-state index is 13.4. The highest BCUT2D eigenvalue weighted by atomic mass is 19.1. The lowest BCUT2D eigenvalue weighted by Gasteiger charge is -2.26. The van der Waals surface area contributed by atoms with Crippen LogP contribution in [-0.4, -0.2) is 35.7 Å². The second-order valence-electron chi connectivity index (χ2n) is 6.25. The van der Waals surface area contributed by atoms with Crippen molar-refractivity contribution in [3.05, 3.63) is 29.6 Å². The van der Waals surface area contributed by atoms with Crippen LogP contribution in [0.4, 0.5) is 4.39 Å². The van der Waals surface area contributed by atoms with Crippen LogP contribution < -0.4 is 5.32 Å². The first-order chi connectivity index (χ1) is 9.69. The molecule has 0 aromatic heterocycles. The fraction of sp³-hybridized carbons (Fsp3) is 0.625. The Labute approximate surface area is 119 Å². The van der Waals surface area contributed by atoms with Crippen molar-refractivity contribution < 1.29 is 9.50 Å². The molecule has 0 spiro atoms. The molecule has 20 heavy (non-hydrogen) atoms. The quantitative estimate of drug-likeness (QED) is 0.839. The minimum atomic E-state index is -0.356. The molecule has 1 aliphatic heterocycles. The molecule has 3 nitrogen and oxygen atoms in total. The number of hydrogen-bond acceptors (Lipinski definition) is 3. The van der Waals surface area contributed by atoms with E-state index in [1.807, 2.05) is 0 Å². The van der Waals surface area contributed by atoms with Crippen LogP contribution in [0.1, 0.15) is 31.2 Å². The molecule has 110 valence electrons. The van der Waals surface area contributed by atoms with Crippen molar-refractivity contribution in [2.75, 3.05) is 19.6 Å². The van der Waals surface area contributed by atoms with Crippen LogP contribution >= 0.6 is 0 Å². The van der Waals surface area contributed by atoms with Gasteiger partial charge in [0, 0.05) is 31.7 Å². The van der Waals surface area contributed by atoms with Gasteiger partial charge in [0.2, 0.25) is 0 Å². The van der Waals surface area contributed by atoms with Crippen molar-refractivity contribution in [1.82, 2.24) is 10.2 Å². The van der Waals surface area contributed by atoms with Crippen molar-refractivity contribution in [2.45, 2.75) is 38.3 Å². The lowest BCUT2D eigenvalue weighted by molar-refractivity contribution is 0.231. The molecule has 2 aliphatic rings. The molecule has 0 bridgehead atoms. The molecular weight excluding hydrogens is 255 g/mol. The normalized spacial score (nSPS) is 22.6. The van der Waals surface area contributed by atoms with E-state index in [0.29, 0.717) is 6.04 Å². The predicted molar refractivity (Wildman–Crippen MR) is 77.1 cm³/mol. The van der Waals surface area contributed by atoms with Crippen molar-refractivity contribution >= 4 is 0 Å². The molecule has 1 unspecified atom stereocenters. The highest BCUT2D eigenvalue weighted by molar-refractivity contribution is 5.28. The Balaban J connectivity index is 1.64. The molecule has 0 radical (unpaired) electrons. The molecule has 4 heteroatoms. The second-order valence-corrected chi connectivity index (χ2v) is 6.25. The first kappa shape index (κ1) is 13.8. The van der Waals surface area contributed by atoms with Crippen LogP contribution in [0.2, 0.25) is 0 Å². The van der Waals surface area contributed by atoms with Gasteiger partial charge in [0.15, 0.2) is 0 Å². The lowest BCUT2D eigenvalue weighted by Crippen LogP contribution is -2.38. The van der Waals surface area contributed by atoms with Crippen LogP contribution in [0.25, 0.3) is 0 Å². The summed E-state index contributed by atoms with van der Waals surface area (Å²) in [5, 5.41) is 13.0. The van der Waals surface area contributed by atoms with E-state index in [4.69, 9.17) is 0 Å². The van der Waals surface area contributed by atoms with E-state index in [2.05, 4.69) is 10.2 Å². The number of halogens is 1. The Morgan fingerprint density at radius 1 is 1.20 bits per heavy atom. The summed E-state index contributed by atoms with van der Waals surface area (Å²) >= 11 is 0. The highest BCUT2D eigenvalue weighted by Crippen LogP contribution is 2.30. The Morgan fingerprint density at radius 2 is 2.05 bits per heavy atom. The lowest BCUT2D eigenvalue weighted by atomic mass is 10.1. The smallest absolute Gasteiger partial charge is 0.127 e. The van der Waals surface area contributed by atoms with Gasteiger partial charge in [0.25, 0.3) is 0 Å². The van der Waals surface area contributed by atoms with Crippen molar-refractivity contribution in [1.29, 1.82) is 0 Å². The van der Waals surface area contributed by atoms with Crippen molar-refractivity contribution in [3.8, 4) is 5.75 Å². The van der Waals surface area contributed by atoms with Gasteiger partial charge < -0.3 is 10.4 Å². The molecular formula is C16H23FN2O. The van der Waals surface area contributed by atoms with Crippen molar-refractivity contribution in [3.63, 3.8) is 0 Å². The molecule has 3 rings (SSSR count). The average Bonchev–Trinajstić information content (AvgIpc) is 3.02. The number of nitrogens with one attached hydrogen (secondary N) is 1. The summed E-state index contributed by atoms with van der Waals surface area (Å²) in [6.07, 6.45) is 5.13. The van der Waals surface area contributed by atoms with E-state index >= 15 is 0 Å². The fourth-order valence-electron chi connectivity index (χ4n) is 3.08. The summed E-state index contributed by atoms with van der Waals surface area (Å²) < 4.78 is 13.4. The topological polar surface area (TPSA) is 35.5 Å². The van der Waals surface area contributed by atoms with Gasteiger partial charge in [-0.3, -0.25) is 4.90 Å². The van der Waals surface area contributed by atoms with Crippen molar-refractivity contribution in [2.24, 2.45) is 5.92 Å². The number of hydrogen-bond donors (Lipinski definition) is 2. The van der Waals surface area contributed by atoms with Gasteiger partial charge in [0.05, 0.1) is 0 Å². The molecule has 1 aromatic rings. The van der Waals surface area contributed by atoms with E-state index in [-0.39, 0.29) is 11.6 Å². The van der Waals surface area contributed by atoms with Crippen LogP contribution in [0.5, 0.6) is 5.75 Å². The Morgan fingerprint density at radius 3 is 2.70 bits per heavy atom. The maximum Gasteiger partial charge on any atom is 0.127 e. The predicted octanol–water partition coefficient (Wildman–Crippen LogP) is 2.50. The summed E-state index contributed by atoms with van der Waals surface area (Å²) in [5.41, 5.74) is 0.862. The van der Waals surface area contributed by atoms with Gasteiger partial charge >= 0.3 is 0 Å². The molecule has 1 saturated carbocycles. The van der Waals surface area contributed by atoms with Crippen LogP contribution in [-0.2, 0) is 6.54 Å². The zero-order valence-electron chi connectivity index (χ0n) is 11.8. The number of rotatable bonds is 6. The number of benzene rings is 1. The molecule has 1 aromatic carbocycles. The van der Waals surface area contributed by atoms with Gasteiger partial charge in [-0.25, -0.2) is 4.39 Å². The molecule has 1 heterocycles. The van der Waals surface area contributed by atoms with Gasteiger partial charge in [-0.2, -0.15) is 0 Å². The molecule has 0 amide bonds. The minimum Gasteiger partial charge on any atom is -0.508 e. The third-order valence-corrected chi connectivity index (χ3v) is 4.20. The molecule has 1 atom stereocenters. The van der Waals surface area contributed by atoms with Crippen LogP contribution in [0.15, 0.2) is 18.2 Å². The molecule has 2 N–H and O–H groups in total. The first-order valence-electron chi connectivity index (χ1n) is 7.63. The first-order valence-corrected chi connectivity index (χ1v) is 7.63. The van der Waals surface area contributed by atoms with Crippen LogP contribution in [0, 0.1) is 11.7 Å². The summed E-state index contributed by atoms with van der Waals surface area (Å²) in [5.74, 6) is 0.481. The van der Waals surface area contributed by atoms with Crippen LogP contribution in [0.3, 0.4) is 0 Å². The van der Waals surface area contributed by atoms with E-state index in [1.54, 1.807) is 6.07 Å². The van der Waals surface area contributed by atoms with Gasteiger partial charge in [0.1, 0.15) is 11.6 Å². The molecule has 1 aliphatic carbocycles. The standard InChI is InChI=1S/C16H23FN2O/c17-14-6-13(7-16(20)8-14)10-19(9-12-3-4-12)11-15-2-1-5-18-15/h6-8,12,15,18,20H,1-5,9-11H2. The maximum atomic E-state index is 13.4. The monoisotopic (exact) mass is 278 g/mol. The Bertz CT molecular complexity index is 436. The SMILES string of the molecule is Oc1cc(F)cc(CN(CC2CC2)CC2CCCN2)c1. The number of aromatic hydroxyl groups is 1. The minimum absolute atomic E-state index is 0.0189. The summed E-state index contributed by atoms with van der Waals surface area (Å²) in [4.78, 5) is 2.41. The van der Waals surface area contributed by atoms with E-state index < -0.39 is 0 Å². The Hall–Kier alpha value is -1.13. The largest absolute Gasteiger partial charge is 0.508 e. The van der Waals surface area contributed by atoms with E-state index in [0.717, 1.165) is 43.7 Å². The summed E-state index contributed by atoms with van der Waals surface area (Å²) in [6, 6.07) is 4.93. The highest BCUT2D eigenvalue weighted by Gasteiger charge is 2.26. The number of nitrogens with zero attached hydrogens (tertiary/aromatic N) is 1.